The van der Waals surface area contributed by atoms with Crippen molar-refractivity contribution in [3.8, 4) is 28.8 Å². The quantitative estimate of drug-likeness (QED) is 0.215. The Morgan fingerprint density at radius 1 is 1.26 bits per heavy atom. The molecule has 1 aliphatic carbocycles. The van der Waals surface area contributed by atoms with Crippen LogP contribution in [0.3, 0.4) is 0 Å². The molecular weight excluding hydrogens is 631 g/mol. The Morgan fingerprint density at radius 3 is 2.59 bits per heavy atom. The zero-order chi connectivity index (χ0) is 33.4. The highest BCUT2D eigenvalue weighted by Gasteiger charge is 2.57. The van der Waals surface area contributed by atoms with Crippen LogP contribution in [-0.4, -0.2) is 63.1 Å². The molecule has 3 heterocycles. The van der Waals surface area contributed by atoms with Crippen molar-refractivity contribution in [2.75, 3.05) is 20.3 Å². The standard InChI is InChI=1S/C30H27ClF3N7O5/c1-3-46-27-15(10-24(36)42)9-23(39-26(27)17-7-20(31)21(11-35)37-12-17)29(44,30(32,33)34)14-38-28(43)16-6-18-13-41(19-4-5-19)40-25(18)22(8-16)45-2/h6-9,12-13,19,44H,3-5,10,14H2,1-2H3,(H2,36,42)(H,38,43)/t29-/m0/s1. The van der Waals surface area contributed by atoms with Crippen molar-refractivity contribution in [1.29, 1.82) is 5.26 Å². The van der Waals surface area contributed by atoms with Gasteiger partial charge in [0.15, 0.2) is 5.69 Å². The molecule has 5 rings (SSSR count). The lowest BCUT2D eigenvalue weighted by Gasteiger charge is -2.31. The Morgan fingerprint density at radius 2 is 2.00 bits per heavy atom. The summed E-state index contributed by atoms with van der Waals surface area (Å²) in [5.74, 6) is -1.70. The summed E-state index contributed by atoms with van der Waals surface area (Å²) in [4.78, 5) is 33.2. The Labute approximate surface area is 264 Å². The molecule has 1 saturated carbocycles. The normalized spacial score (nSPS) is 14.4. The van der Waals surface area contributed by atoms with Gasteiger partial charge in [-0.2, -0.15) is 23.5 Å². The van der Waals surface area contributed by atoms with E-state index in [-0.39, 0.29) is 57.2 Å². The molecule has 1 aromatic carbocycles. The number of carbonyl (C=O) groups excluding carboxylic acids is 2. The summed E-state index contributed by atoms with van der Waals surface area (Å²) in [6.45, 7) is 0.255. The molecule has 4 N–H and O–H groups in total. The number of hydrogen-bond donors (Lipinski definition) is 3. The largest absolute Gasteiger partial charge is 0.494 e. The third-order valence-electron chi connectivity index (χ3n) is 7.32. The Hall–Kier alpha value is -4.94. The first-order valence-electron chi connectivity index (χ1n) is 13.9. The van der Waals surface area contributed by atoms with Crippen molar-refractivity contribution in [1.82, 2.24) is 25.1 Å². The van der Waals surface area contributed by atoms with E-state index in [1.54, 1.807) is 23.9 Å². The number of ether oxygens (including phenoxy) is 2. The van der Waals surface area contributed by atoms with Gasteiger partial charge in [-0.3, -0.25) is 14.3 Å². The third-order valence-corrected chi connectivity index (χ3v) is 7.60. The number of nitrogens with one attached hydrogen (secondary N) is 1. The smallest absolute Gasteiger partial charge is 0.424 e. The molecular formula is C30H27ClF3N7O5. The summed E-state index contributed by atoms with van der Waals surface area (Å²) < 4.78 is 57.0. The van der Waals surface area contributed by atoms with E-state index in [0.29, 0.717) is 10.9 Å². The number of aliphatic hydroxyl groups is 1. The monoisotopic (exact) mass is 657 g/mol. The molecule has 12 nitrogen and oxygen atoms in total. The molecule has 0 radical (unpaired) electrons. The van der Waals surface area contributed by atoms with Crippen molar-refractivity contribution < 1.29 is 37.3 Å². The number of nitrogens with two attached hydrogens (primary N) is 1. The highest BCUT2D eigenvalue weighted by Crippen LogP contribution is 2.42. The number of primary amides is 1. The number of halogens is 4. The summed E-state index contributed by atoms with van der Waals surface area (Å²) in [5, 5.41) is 27.5. The van der Waals surface area contributed by atoms with Crippen molar-refractivity contribution in [2.24, 2.45) is 5.73 Å². The van der Waals surface area contributed by atoms with Crippen molar-refractivity contribution >= 4 is 34.3 Å². The van der Waals surface area contributed by atoms with Crippen LogP contribution in [0.4, 0.5) is 13.2 Å². The summed E-state index contributed by atoms with van der Waals surface area (Å²) in [7, 11) is 1.38. The highest BCUT2D eigenvalue weighted by atomic mass is 35.5. The number of aromatic nitrogens is 4. The average Bonchev–Trinajstić information content (AvgIpc) is 3.77. The minimum Gasteiger partial charge on any atom is -0.494 e. The first-order chi connectivity index (χ1) is 21.8. The van der Waals surface area contributed by atoms with E-state index < -0.39 is 42.3 Å². The fourth-order valence-corrected chi connectivity index (χ4v) is 5.06. The molecule has 1 atom stereocenters. The fourth-order valence-electron chi connectivity index (χ4n) is 4.85. The number of benzene rings is 1. The molecule has 0 unspecified atom stereocenters. The zero-order valence-electron chi connectivity index (χ0n) is 24.5. The average molecular weight is 658 g/mol. The zero-order valence-corrected chi connectivity index (χ0v) is 25.2. The highest BCUT2D eigenvalue weighted by molar-refractivity contribution is 6.31. The van der Waals surface area contributed by atoms with Crippen molar-refractivity contribution in [3.05, 3.63) is 64.2 Å². The van der Waals surface area contributed by atoms with Gasteiger partial charge in [-0.05, 0) is 44.0 Å². The van der Waals surface area contributed by atoms with Gasteiger partial charge in [0.25, 0.3) is 5.91 Å². The topological polar surface area (TPSA) is 178 Å². The lowest BCUT2D eigenvalue weighted by atomic mass is 9.94. The predicted octanol–water partition coefficient (Wildman–Crippen LogP) is 3.97. The van der Waals surface area contributed by atoms with E-state index in [0.717, 1.165) is 25.1 Å². The van der Waals surface area contributed by atoms with Crippen LogP contribution in [0.1, 0.15) is 53.1 Å². The lowest BCUT2D eigenvalue weighted by Crippen LogP contribution is -2.51. The minimum atomic E-state index is -5.38. The summed E-state index contributed by atoms with van der Waals surface area (Å²) in [6.07, 6.45) is -1.18. The number of rotatable bonds is 11. The second kappa shape index (κ2) is 12.5. The van der Waals surface area contributed by atoms with Crippen LogP contribution in [0.25, 0.3) is 22.2 Å². The molecule has 0 bridgehead atoms. The van der Waals surface area contributed by atoms with Crippen molar-refractivity contribution in [3.63, 3.8) is 0 Å². The van der Waals surface area contributed by atoms with Crippen molar-refractivity contribution in [2.45, 2.75) is 44.0 Å². The molecule has 16 heteroatoms. The Bertz CT molecular complexity index is 1890. The van der Waals surface area contributed by atoms with Gasteiger partial charge in [-0.1, -0.05) is 11.6 Å². The van der Waals surface area contributed by atoms with Gasteiger partial charge in [0.1, 0.15) is 28.8 Å². The predicted molar refractivity (Wildman–Crippen MR) is 158 cm³/mol. The van der Waals surface area contributed by atoms with E-state index in [1.807, 2.05) is 0 Å². The SMILES string of the molecule is CCOc1c(CC(N)=O)cc([C@@](O)(CNC(=O)c2cc(OC)c3nn(C4CC4)cc3c2)C(F)(F)F)nc1-c1cnc(C#N)c(Cl)c1. The molecule has 240 valence electrons. The fraction of sp³-hybridized carbons (Fsp3) is 0.333. The van der Waals surface area contributed by atoms with Gasteiger partial charge in [-0.15, -0.1) is 0 Å². The molecule has 0 saturated heterocycles. The summed E-state index contributed by atoms with van der Waals surface area (Å²) >= 11 is 6.14. The van der Waals surface area contributed by atoms with E-state index >= 15 is 0 Å². The van der Waals surface area contributed by atoms with E-state index in [1.165, 1.54) is 25.3 Å². The van der Waals surface area contributed by atoms with E-state index in [4.69, 9.17) is 26.8 Å². The first-order valence-corrected chi connectivity index (χ1v) is 14.3. The van der Waals surface area contributed by atoms with Crippen LogP contribution in [0, 0.1) is 11.3 Å². The number of pyridine rings is 2. The number of carbonyl (C=O) groups is 2. The Kier molecular flexibility index (Phi) is 8.78. The first kappa shape index (κ1) is 32.5. The van der Waals surface area contributed by atoms with Crippen LogP contribution in [-0.2, 0) is 16.8 Å². The van der Waals surface area contributed by atoms with Crippen LogP contribution >= 0.6 is 11.6 Å². The van der Waals surface area contributed by atoms with Crippen LogP contribution in [0.5, 0.6) is 11.5 Å². The maximum atomic E-state index is 14.7. The number of fused-ring (bicyclic) bond motifs is 1. The molecule has 3 aromatic heterocycles. The number of hydrogen-bond acceptors (Lipinski definition) is 9. The minimum absolute atomic E-state index is 0.0180. The number of nitrogens with zero attached hydrogens (tertiary/aromatic N) is 5. The van der Waals surface area contributed by atoms with Gasteiger partial charge in [0.2, 0.25) is 11.5 Å². The number of methoxy groups -OCH3 is 1. The van der Waals surface area contributed by atoms with Crippen LogP contribution in [0.15, 0.2) is 36.7 Å². The molecule has 46 heavy (non-hydrogen) atoms. The van der Waals surface area contributed by atoms with E-state index in [2.05, 4.69) is 20.4 Å². The van der Waals surface area contributed by atoms with Gasteiger partial charge in [0.05, 0.1) is 43.4 Å². The van der Waals surface area contributed by atoms with Gasteiger partial charge in [0, 0.05) is 34.5 Å². The second-order valence-electron chi connectivity index (χ2n) is 10.6. The summed E-state index contributed by atoms with van der Waals surface area (Å²) in [6, 6.07) is 6.90. The maximum absolute atomic E-state index is 14.7. The number of nitriles is 1. The third kappa shape index (κ3) is 6.26. The van der Waals surface area contributed by atoms with Gasteiger partial charge in [-0.25, -0.2) is 9.97 Å². The Balaban J connectivity index is 1.57. The van der Waals surface area contributed by atoms with Crippen LogP contribution in [0.2, 0.25) is 5.02 Å². The maximum Gasteiger partial charge on any atom is 0.424 e. The molecule has 4 aromatic rings. The van der Waals surface area contributed by atoms with Gasteiger partial charge >= 0.3 is 6.18 Å². The number of amides is 2. The summed E-state index contributed by atoms with van der Waals surface area (Å²) in [5.41, 5.74) is 0.625. The molecule has 1 aliphatic rings. The molecule has 0 aliphatic heterocycles. The van der Waals surface area contributed by atoms with E-state index in [9.17, 15) is 33.1 Å². The van der Waals surface area contributed by atoms with Gasteiger partial charge < -0.3 is 25.6 Å². The lowest BCUT2D eigenvalue weighted by molar-refractivity contribution is -0.265. The molecule has 1 fully saturated rings. The number of alkyl halides is 3. The molecule has 2 amide bonds. The second-order valence-corrected chi connectivity index (χ2v) is 11.0. The molecule has 0 spiro atoms. The van der Waals surface area contributed by atoms with Crippen LogP contribution < -0.4 is 20.5 Å².